The Kier molecular flexibility index (Phi) is 8.14. The molecular weight excluding hydrogens is 358 g/mol. The van der Waals surface area contributed by atoms with Gasteiger partial charge in [0.2, 0.25) is 0 Å². The smallest absolute Gasteiger partial charge is 0.119 e. The van der Waals surface area contributed by atoms with E-state index < -0.39 is 0 Å². The van der Waals surface area contributed by atoms with Crippen molar-refractivity contribution in [1.82, 2.24) is 4.90 Å². The Hall–Kier alpha value is -1.84. The molecule has 0 N–H and O–H groups in total. The van der Waals surface area contributed by atoms with Crippen molar-refractivity contribution in [2.45, 2.75) is 65.0 Å². The fourth-order valence-electron chi connectivity index (χ4n) is 3.91. The summed E-state index contributed by atoms with van der Waals surface area (Å²) in [5, 5.41) is 0. The van der Waals surface area contributed by atoms with Gasteiger partial charge in [-0.1, -0.05) is 57.2 Å². The second kappa shape index (κ2) is 10.8. The molecule has 1 aliphatic heterocycles. The third-order valence-corrected chi connectivity index (χ3v) is 5.90. The minimum absolute atomic E-state index is 0.219. The Morgan fingerprint density at radius 2 is 1.62 bits per heavy atom. The van der Waals surface area contributed by atoms with Crippen LogP contribution in [0.15, 0.2) is 48.5 Å². The summed E-state index contributed by atoms with van der Waals surface area (Å²) in [6, 6.07) is 17.6. The van der Waals surface area contributed by atoms with Crippen LogP contribution in [0.4, 0.5) is 0 Å². The first kappa shape index (κ1) is 21.9. The maximum Gasteiger partial charge on any atom is 0.119 e. The summed E-state index contributed by atoms with van der Waals surface area (Å²) in [6.07, 6.45) is 2.41. The molecule has 0 aliphatic carbocycles. The van der Waals surface area contributed by atoms with Crippen molar-refractivity contribution in [3.05, 3.63) is 65.2 Å². The SMILES string of the molecule is CC(CCC(C)c1cccc(CN2CCOCC2)c1)Oc1cccc(C(C)C)c1. The summed E-state index contributed by atoms with van der Waals surface area (Å²) in [5.74, 6) is 2.05. The number of ether oxygens (including phenoxy) is 2. The quantitative estimate of drug-likeness (QED) is 0.520. The van der Waals surface area contributed by atoms with Crippen LogP contribution in [0.1, 0.15) is 69.1 Å². The molecule has 0 radical (unpaired) electrons. The molecule has 0 bridgehead atoms. The van der Waals surface area contributed by atoms with Gasteiger partial charge in [-0.15, -0.1) is 0 Å². The molecule has 1 heterocycles. The van der Waals surface area contributed by atoms with Gasteiger partial charge in [-0.05, 0) is 60.4 Å². The maximum atomic E-state index is 6.20. The monoisotopic (exact) mass is 395 g/mol. The second-order valence-electron chi connectivity index (χ2n) is 8.77. The predicted molar refractivity (Wildman–Crippen MR) is 121 cm³/mol. The summed E-state index contributed by atoms with van der Waals surface area (Å²) in [7, 11) is 0. The van der Waals surface area contributed by atoms with Gasteiger partial charge in [0.05, 0.1) is 19.3 Å². The van der Waals surface area contributed by atoms with Crippen LogP contribution in [-0.2, 0) is 11.3 Å². The zero-order valence-electron chi connectivity index (χ0n) is 18.6. The van der Waals surface area contributed by atoms with Crippen molar-refractivity contribution >= 4 is 0 Å². The summed E-state index contributed by atoms with van der Waals surface area (Å²) in [4.78, 5) is 2.48. The largest absolute Gasteiger partial charge is 0.491 e. The molecule has 29 heavy (non-hydrogen) atoms. The lowest BCUT2D eigenvalue weighted by molar-refractivity contribution is 0.0342. The predicted octanol–water partition coefficient (Wildman–Crippen LogP) is 5.99. The Bertz CT molecular complexity index is 752. The topological polar surface area (TPSA) is 21.7 Å². The number of nitrogens with zero attached hydrogens (tertiary/aromatic N) is 1. The third kappa shape index (κ3) is 6.87. The van der Waals surface area contributed by atoms with E-state index in [9.17, 15) is 0 Å². The van der Waals surface area contributed by atoms with E-state index in [-0.39, 0.29) is 6.10 Å². The molecular formula is C26H37NO2. The van der Waals surface area contributed by atoms with Gasteiger partial charge in [0, 0.05) is 19.6 Å². The molecule has 1 fully saturated rings. The summed E-state index contributed by atoms with van der Waals surface area (Å²) in [5.41, 5.74) is 4.18. The Morgan fingerprint density at radius 3 is 2.38 bits per heavy atom. The van der Waals surface area contributed by atoms with Gasteiger partial charge in [-0.3, -0.25) is 4.90 Å². The fourth-order valence-corrected chi connectivity index (χ4v) is 3.91. The molecule has 0 spiro atoms. The van der Waals surface area contributed by atoms with Crippen molar-refractivity contribution in [2.24, 2.45) is 0 Å². The number of hydrogen-bond acceptors (Lipinski definition) is 3. The van der Waals surface area contributed by atoms with E-state index in [4.69, 9.17) is 9.47 Å². The molecule has 3 rings (SSSR count). The van der Waals surface area contributed by atoms with Crippen molar-refractivity contribution in [1.29, 1.82) is 0 Å². The van der Waals surface area contributed by atoms with Gasteiger partial charge in [-0.25, -0.2) is 0 Å². The molecule has 2 aromatic carbocycles. The fraction of sp³-hybridized carbons (Fsp3) is 0.538. The van der Waals surface area contributed by atoms with E-state index in [1.54, 1.807) is 0 Å². The van der Waals surface area contributed by atoms with Crippen molar-refractivity contribution < 1.29 is 9.47 Å². The van der Waals surface area contributed by atoms with E-state index in [1.807, 2.05) is 0 Å². The molecule has 1 saturated heterocycles. The van der Waals surface area contributed by atoms with Gasteiger partial charge in [0.25, 0.3) is 0 Å². The highest BCUT2D eigenvalue weighted by atomic mass is 16.5. The summed E-state index contributed by atoms with van der Waals surface area (Å²) >= 11 is 0. The highest BCUT2D eigenvalue weighted by Crippen LogP contribution is 2.25. The lowest BCUT2D eigenvalue weighted by Gasteiger charge is -2.27. The Morgan fingerprint density at radius 1 is 0.897 bits per heavy atom. The molecule has 3 nitrogen and oxygen atoms in total. The van der Waals surface area contributed by atoms with Crippen LogP contribution in [0.3, 0.4) is 0 Å². The van der Waals surface area contributed by atoms with Crippen molar-refractivity contribution in [3.8, 4) is 5.75 Å². The van der Waals surface area contributed by atoms with Gasteiger partial charge in [0.1, 0.15) is 5.75 Å². The molecule has 0 aromatic heterocycles. The van der Waals surface area contributed by atoms with Gasteiger partial charge >= 0.3 is 0 Å². The average Bonchev–Trinajstić information content (AvgIpc) is 2.73. The van der Waals surface area contributed by atoms with E-state index >= 15 is 0 Å². The zero-order chi connectivity index (χ0) is 20.6. The average molecular weight is 396 g/mol. The van der Waals surface area contributed by atoms with Crippen LogP contribution in [0.2, 0.25) is 0 Å². The standard InChI is InChI=1S/C26H37NO2/c1-20(2)24-8-6-10-26(18-24)29-22(4)12-11-21(3)25-9-5-7-23(17-25)19-27-13-15-28-16-14-27/h5-10,17-18,20-22H,11-16,19H2,1-4H3. The van der Waals surface area contributed by atoms with E-state index in [0.717, 1.165) is 51.4 Å². The lowest BCUT2D eigenvalue weighted by Crippen LogP contribution is -2.35. The molecule has 2 atom stereocenters. The molecule has 2 aromatic rings. The molecule has 0 saturated carbocycles. The number of rotatable bonds is 9. The molecule has 158 valence electrons. The number of hydrogen-bond donors (Lipinski definition) is 0. The van der Waals surface area contributed by atoms with Crippen molar-refractivity contribution in [3.63, 3.8) is 0 Å². The molecule has 3 heteroatoms. The summed E-state index contributed by atoms with van der Waals surface area (Å²) in [6.45, 7) is 13.8. The Labute approximate surface area is 177 Å². The van der Waals surface area contributed by atoms with E-state index in [0.29, 0.717) is 11.8 Å². The highest BCUT2D eigenvalue weighted by molar-refractivity contribution is 5.30. The van der Waals surface area contributed by atoms with Gasteiger partial charge in [0.15, 0.2) is 0 Å². The zero-order valence-corrected chi connectivity index (χ0v) is 18.6. The Balaban J connectivity index is 1.50. The van der Waals surface area contributed by atoms with Crippen LogP contribution in [0.25, 0.3) is 0 Å². The first-order valence-corrected chi connectivity index (χ1v) is 11.2. The van der Waals surface area contributed by atoms with Crippen molar-refractivity contribution in [2.75, 3.05) is 26.3 Å². The number of morpholine rings is 1. The molecule has 1 aliphatic rings. The summed E-state index contributed by atoms with van der Waals surface area (Å²) < 4.78 is 11.7. The molecule has 2 unspecified atom stereocenters. The van der Waals surface area contributed by atoms with E-state index in [2.05, 4.69) is 81.1 Å². The first-order valence-electron chi connectivity index (χ1n) is 11.2. The highest BCUT2D eigenvalue weighted by Gasteiger charge is 2.13. The normalized spacial score (nSPS) is 17.3. The van der Waals surface area contributed by atoms with Crippen LogP contribution < -0.4 is 4.74 Å². The van der Waals surface area contributed by atoms with E-state index in [1.165, 1.54) is 16.7 Å². The minimum Gasteiger partial charge on any atom is -0.491 e. The van der Waals surface area contributed by atoms with Crippen LogP contribution >= 0.6 is 0 Å². The van der Waals surface area contributed by atoms with Crippen LogP contribution in [0, 0.1) is 0 Å². The lowest BCUT2D eigenvalue weighted by atomic mass is 9.93. The molecule has 0 amide bonds. The van der Waals surface area contributed by atoms with Gasteiger partial charge in [-0.2, -0.15) is 0 Å². The third-order valence-electron chi connectivity index (χ3n) is 5.90. The second-order valence-corrected chi connectivity index (χ2v) is 8.77. The maximum absolute atomic E-state index is 6.20. The minimum atomic E-state index is 0.219. The van der Waals surface area contributed by atoms with Crippen LogP contribution in [0.5, 0.6) is 5.75 Å². The van der Waals surface area contributed by atoms with Crippen LogP contribution in [-0.4, -0.2) is 37.3 Å². The van der Waals surface area contributed by atoms with Gasteiger partial charge < -0.3 is 9.47 Å². The first-order chi connectivity index (χ1) is 14.0. The number of benzene rings is 2.